The van der Waals surface area contributed by atoms with Gasteiger partial charge in [-0.2, -0.15) is 0 Å². The third kappa shape index (κ3) is 5.18. The second-order valence-electron chi connectivity index (χ2n) is 6.42. The summed E-state index contributed by atoms with van der Waals surface area (Å²) in [7, 11) is 2.17. The Hall–Kier alpha value is -1.14. The molecule has 2 N–H and O–H groups in total. The molecule has 2 heterocycles. The van der Waals surface area contributed by atoms with Crippen LogP contribution in [-0.4, -0.2) is 61.5 Å². The fraction of sp³-hybridized carbons (Fsp3) is 0.588. The smallest absolute Gasteiger partial charge is 0.241 e. The molecular formula is C17H27ClN4O. The van der Waals surface area contributed by atoms with Gasteiger partial charge in [0.1, 0.15) is 0 Å². The molecule has 0 spiro atoms. The molecule has 2 saturated heterocycles. The molecule has 0 bridgehead atoms. The summed E-state index contributed by atoms with van der Waals surface area (Å²) in [5.41, 5.74) is 2.17. The minimum absolute atomic E-state index is 0. The van der Waals surface area contributed by atoms with E-state index in [4.69, 9.17) is 0 Å². The predicted octanol–water partition coefficient (Wildman–Crippen LogP) is 1.55. The van der Waals surface area contributed by atoms with E-state index >= 15 is 0 Å². The first-order chi connectivity index (χ1) is 10.7. The lowest BCUT2D eigenvalue weighted by atomic mass is 10.1. The van der Waals surface area contributed by atoms with Gasteiger partial charge >= 0.3 is 0 Å². The van der Waals surface area contributed by atoms with Crippen LogP contribution in [0.4, 0.5) is 5.69 Å². The molecular weight excluding hydrogens is 312 g/mol. The van der Waals surface area contributed by atoms with E-state index in [0.29, 0.717) is 0 Å². The quantitative estimate of drug-likeness (QED) is 0.874. The fourth-order valence-corrected chi connectivity index (χ4v) is 3.15. The summed E-state index contributed by atoms with van der Waals surface area (Å²) < 4.78 is 0. The van der Waals surface area contributed by atoms with Gasteiger partial charge in [0, 0.05) is 38.4 Å². The van der Waals surface area contributed by atoms with E-state index < -0.39 is 0 Å². The van der Waals surface area contributed by atoms with E-state index in [0.717, 1.165) is 57.8 Å². The summed E-state index contributed by atoms with van der Waals surface area (Å²) in [5.74, 6) is 0.0919. The maximum Gasteiger partial charge on any atom is 0.241 e. The van der Waals surface area contributed by atoms with Crippen molar-refractivity contribution in [3.05, 3.63) is 29.8 Å². The van der Waals surface area contributed by atoms with Gasteiger partial charge in [-0.05, 0) is 44.1 Å². The van der Waals surface area contributed by atoms with Gasteiger partial charge < -0.3 is 15.5 Å². The summed E-state index contributed by atoms with van der Waals surface area (Å²) in [5, 5.41) is 6.28. The number of halogens is 1. The summed E-state index contributed by atoms with van der Waals surface area (Å²) in [4.78, 5) is 17.0. The van der Waals surface area contributed by atoms with Gasteiger partial charge in [-0.1, -0.05) is 12.1 Å². The van der Waals surface area contributed by atoms with Crippen LogP contribution in [0.2, 0.25) is 0 Å². The fourth-order valence-electron chi connectivity index (χ4n) is 3.15. The highest BCUT2D eigenvalue weighted by Crippen LogP contribution is 2.15. The van der Waals surface area contributed by atoms with Crippen molar-refractivity contribution in [2.24, 2.45) is 0 Å². The Balaban J connectivity index is 0.00000192. The van der Waals surface area contributed by atoms with Crippen LogP contribution in [0.3, 0.4) is 0 Å². The number of hydrogen-bond donors (Lipinski definition) is 2. The number of nitrogens with zero attached hydrogens (tertiary/aromatic N) is 2. The summed E-state index contributed by atoms with van der Waals surface area (Å²) >= 11 is 0. The first kappa shape index (κ1) is 18.2. The molecule has 23 heavy (non-hydrogen) atoms. The number of hydrogen-bond acceptors (Lipinski definition) is 4. The van der Waals surface area contributed by atoms with Crippen LogP contribution in [-0.2, 0) is 11.3 Å². The third-order valence-electron chi connectivity index (χ3n) is 4.57. The SMILES string of the molecule is CN1CCN(Cc2cccc(NC(=O)C3CCCN3)c2)CC1.Cl. The van der Waals surface area contributed by atoms with E-state index in [1.165, 1.54) is 5.56 Å². The first-order valence-electron chi connectivity index (χ1n) is 8.25. The first-order valence-corrected chi connectivity index (χ1v) is 8.25. The van der Waals surface area contributed by atoms with Gasteiger partial charge in [-0.15, -0.1) is 12.4 Å². The lowest BCUT2D eigenvalue weighted by molar-refractivity contribution is -0.117. The van der Waals surface area contributed by atoms with Crippen molar-refractivity contribution in [1.29, 1.82) is 0 Å². The van der Waals surface area contributed by atoms with E-state index in [1.54, 1.807) is 0 Å². The molecule has 1 amide bonds. The Morgan fingerprint density at radius 2 is 2.09 bits per heavy atom. The van der Waals surface area contributed by atoms with Crippen LogP contribution in [0.1, 0.15) is 18.4 Å². The highest BCUT2D eigenvalue weighted by atomic mass is 35.5. The Morgan fingerprint density at radius 1 is 1.30 bits per heavy atom. The number of benzene rings is 1. The number of nitrogens with one attached hydrogen (secondary N) is 2. The van der Waals surface area contributed by atoms with Gasteiger partial charge in [0.15, 0.2) is 0 Å². The zero-order valence-electron chi connectivity index (χ0n) is 13.8. The Labute approximate surface area is 144 Å². The molecule has 2 aliphatic rings. The second kappa shape index (κ2) is 8.64. The van der Waals surface area contributed by atoms with Gasteiger partial charge in [0.2, 0.25) is 5.91 Å². The maximum absolute atomic E-state index is 12.2. The van der Waals surface area contributed by atoms with Crippen LogP contribution in [0.5, 0.6) is 0 Å². The van der Waals surface area contributed by atoms with Crippen molar-refractivity contribution in [2.75, 3.05) is 45.1 Å². The summed E-state index contributed by atoms with van der Waals surface area (Å²) in [6.45, 7) is 6.38. The molecule has 0 radical (unpaired) electrons. The van der Waals surface area contributed by atoms with Crippen molar-refractivity contribution in [2.45, 2.75) is 25.4 Å². The Bertz CT molecular complexity index is 511. The number of carbonyl (C=O) groups is 1. The Kier molecular flexibility index (Phi) is 6.84. The van der Waals surface area contributed by atoms with E-state index in [1.807, 2.05) is 12.1 Å². The number of rotatable bonds is 4. The zero-order chi connectivity index (χ0) is 15.4. The molecule has 2 aliphatic heterocycles. The standard InChI is InChI=1S/C17H26N4O.ClH/c1-20-8-10-21(11-9-20)13-14-4-2-5-15(12-14)19-17(22)16-6-3-7-18-16;/h2,4-5,12,16,18H,3,6-11,13H2,1H3,(H,19,22);1H. The molecule has 0 aromatic heterocycles. The van der Waals surface area contributed by atoms with E-state index in [-0.39, 0.29) is 24.4 Å². The topological polar surface area (TPSA) is 47.6 Å². The molecule has 0 saturated carbocycles. The van der Waals surface area contributed by atoms with E-state index in [2.05, 4.69) is 39.6 Å². The van der Waals surface area contributed by atoms with Crippen LogP contribution in [0.15, 0.2) is 24.3 Å². The minimum atomic E-state index is -0.0266. The number of anilines is 1. The average molecular weight is 339 g/mol. The molecule has 128 valence electrons. The molecule has 5 nitrogen and oxygen atoms in total. The van der Waals surface area contributed by atoms with Crippen LogP contribution < -0.4 is 10.6 Å². The molecule has 1 aromatic rings. The van der Waals surface area contributed by atoms with Crippen molar-refractivity contribution in [3.8, 4) is 0 Å². The normalized spacial score (nSPS) is 22.6. The monoisotopic (exact) mass is 338 g/mol. The summed E-state index contributed by atoms with van der Waals surface area (Å²) in [6.07, 6.45) is 2.02. The highest BCUT2D eigenvalue weighted by molar-refractivity contribution is 5.95. The maximum atomic E-state index is 12.2. The van der Waals surface area contributed by atoms with Crippen molar-refractivity contribution in [1.82, 2.24) is 15.1 Å². The van der Waals surface area contributed by atoms with Gasteiger partial charge in [0.25, 0.3) is 0 Å². The van der Waals surface area contributed by atoms with Crippen LogP contribution in [0, 0.1) is 0 Å². The van der Waals surface area contributed by atoms with Crippen LogP contribution in [0.25, 0.3) is 0 Å². The van der Waals surface area contributed by atoms with Crippen LogP contribution >= 0.6 is 12.4 Å². The number of likely N-dealkylation sites (N-methyl/N-ethyl adjacent to an activating group) is 1. The van der Waals surface area contributed by atoms with Gasteiger partial charge in [-0.25, -0.2) is 0 Å². The second-order valence-corrected chi connectivity index (χ2v) is 6.42. The van der Waals surface area contributed by atoms with Crippen molar-refractivity contribution in [3.63, 3.8) is 0 Å². The Morgan fingerprint density at radius 3 is 2.78 bits per heavy atom. The lowest BCUT2D eigenvalue weighted by Gasteiger charge is -2.32. The molecule has 3 rings (SSSR count). The van der Waals surface area contributed by atoms with Crippen molar-refractivity contribution >= 4 is 24.0 Å². The molecule has 1 atom stereocenters. The number of piperazine rings is 1. The number of carbonyl (C=O) groups excluding carboxylic acids is 1. The minimum Gasteiger partial charge on any atom is -0.325 e. The average Bonchev–Trinajstić information content (AvgIpc) is 3.04. The predicted molar refractivity (Wildman–Crippen MR) is 96.1 cm³/mol. The van der Waals surface area contributed by atoms with Crippen molar-refractivity contribution < 1.29 is 4.79 Å². The molecule has 1 aromatic carbocycles. The molecule has 2 fully saturated rings. The number of amides is 1. The molecule has 0 aliphatic carbocycles. The molecule has 1 unspecified atom stereocenters. The zero-order valence-corrected chi connectivity index (χ0v) is 14.6. The summed E-state index contributed by atoms with van der Waals surface area (Å²) in [6, 6.07) is 8.22. The third-order valence-corrected chi connectivity index (χ3v) is 4.57. The largest absolute Gasteiger partial charge is 0.325 e. The molecule has 6 heteroatoms. The van der Waals surface area contributed by atoms with E-state index in [9.17, 15) is 4.79 Å². The van der Waals surface area contributed by atoms with Gasteiger partial charge in [0.05, 0.1) is 6.04 Å². The van der Waals surface area contributed by atoms with Gasteiger partial charge in [-0.3, -0.25) is 9.69 Å². The highest BCUT2D eigenvalue weighted by Gasteiger charge is 2.22. The lowest BCUT2D eigenvalue weighted by Crippen LogP contribution is -2.43.